The van der Waals surface area contributed by atoms with Crippen LogP contribution in [0.5, 0.6) is 0 Å². The summed E-state index contributed by atoms with van der Waals surface area (Å²) in [5, 5.41) is 20.9. The van der Waals surface area contributed by atoms with Crippen molar-refractivity contribution in [3.05, 3.63) is 21.1 Å². The largest absolute Gasteiger partial charge is 0.388 e. The first-order chi connectivity index (χ1) is 8.01. The van der Waals surface area contributed by atoms with Gasteiger partial charge in [-0.05, 0) is 13.8 Å². The van der Waals surface area contributed by atoms with Gasteiger partial charge in [-0.3, -0.25) is 10.1 Å². The first kappa shape index (κ1) is 13.5. The van der Waals surface area contributed by atoms with E-state index in [0.717, 1.165) is 0 Å². The van der Waals surface area contributed by atoms with Gasteiger partial charge in [0, 0.05) is 17.5 Å². The van der Waals surface area contributed by atoms with Crippen molar-refractivity contribution in [3.8, 4) is 12.3 Å². The Morgan fingerprint density at radius 1 is 1.76 bits per heavy atom. The van der Waals surface area contributed by atoms with Gasteiger partial charge in [0.1, 0.15) is 0 Å². The second-order valence-electron chi connectivity index (χ2n) is 3.49. The summed E-state index contributed by atoms with van der Waals surface area (Å²) in [5.74, 6) is 2.47. The molecule has 0 aliphatic heterocycles. The van der Waals surface area contributed by atoms with Crippen molar-refractivity contribution >= 4 is 22.0 Å². The molecule has 1 rings (SSSR count). The van der Waals surface area contributed by atoms with E-state index < -0.39 is 11.0 Å². The molecule has 0 aliphatic carbocycles. The van der Waals surface area contributed by atoms with Crippen LogP contribution in [0.1, 0.15) is 24.8 Å². The Hall–Kier alpha value is -1.58. The summed E-state index contributed by atoms with van der Waals surface area (Å²) in [5.41, 5.74) is 0.00278. The lowest BCUT2D eigenvalue weighted by molar-refractivity contribution is -0.383. The van der Waals surface area contributed by atoms with Gasteiger partial charge < -0.3 is 10.0 Å². The van der Waals surface area contributed by atoms with Crippen molar-refractivity contribution in [2.45, 2.75) is 20.0 Å². The number of terminal acetylenes is 1. The minimum absolute atomic E-state index is 0.00278. The molecule has 0 amide bonds. The lowest BCUT2D eigenvalue weighted by Gasteiger charge is -2.17. The molecular formula is C11H14N2O3S. The van der Waals surface area contributed by atoms with Crippen LogP contribution in [0.25, 0.3) is 0 Å². The van der Waals surface area contributed by atoms with E-state index in [2.05, 4.69) is 5.92 Å². The maximum Gasteiger partial charge on any atom is 0.304 e. The van der Waals surface area contributed by atoms with Crippen LogP contribution in [0.3, 0.4) is 0 Å². The van der Waals surface area contributed by atoms with E-state index in [1.165, 1.54) is 17.4 Å². The highest BCUT2D eigenvalue weighted by molar-refractivity contribution is 7.16. The van der Waals surface area contributed by atoms with E-state index in [4.69, 9.17) is 6.42 Å². The van der Waals surface area contributed by atoms with Gasteiger partial charge in [0.05, 0.1) is 17.6 Å². The second kappa shape index (κ2) is 5.66. The zero-order valence-electron chi connectivity index (χ0n) is 9.71. The first-order valence-electron chi connectivity index (χ1n) is 5.15. The Morgan fingerprint density at radius 3 is 2.82 bits per heavy atom. The summed E-state index contributed by atoms with van der Waals surface area (Å²) in [6.07, 6.45) is 4.52. The van der Waals surface area contributed by atoms with Crippen LogP contribution in [0.15, 0.2) is 6.07 Å². The second-order valence-corrected chi connectivity index (χ2v) is 4.55. The number of aliphatic hydroxyl groups is 1. The monoisotopic (exact) mass is 254 g/mol. The zero-order valence-corrected chi connectivity index (χ0v) is 10.5. The summed E-state index contributed by atoms with van der Waals surface area (Å²) in [6, 6.07) is 1.41. The Kier molecular flexibility index (Phi) is 4.49. The molecule has 0 aromatic carbocycles. The van der Waals surface area contributed by atoms with Crippen LogP contribution in [0.4, 0.5) is 10.7 Å². The van der Waals surface area contributed by atoms with Gasteiger partial charge >= 0.3 is 5.69 Å². The molecule has 1 atom stereocenters. The van der Waals surface area contributed by atoms with E-state index >= 15 is 0 Å². The highest BCUT2D eigenvalue weighted by Gasteiger charge is 2.24. The van der Waals surface area contributed by atoms with Crippen molar-refractivity contribution in [2.75, 3.05) is 18.0 Å². The van der Waals surface area contributed by atoms with Crippen LogP contribution in [-0.2, 0) is 0 Å². The predicted octanol–water partition coefficient (Wildman–Crippen LogP) is 2.17. The van der Waals surface area contributed by atoms with Gasteiger partial charge in [-0.25, -0.2) is 0 Å². The highest BCUT2D eigenvalue weighted by atomic mass is 32.1. The molecule has 1 N–H and O–H groups in total. The van der Waals surface area contributed by atoms with Crippen LogP contribution < -0.4 is 4.90 Å². The number of nitrogens with zero attached hydrogens (tertiary/aromatic N) is 2. The van der Waals surface area contributed by atoms with Crippen LogP contribution in [0, 0.1) is 22.5 Å². The molecule has 92 valence electrons. The molecular weight excluding hydrogens is 240 g/mol. The van der Waals surface area contributed by atoms with Gasteiger partial charge in [-0.15, -0.1) is 17.8 Å². The maximum absolute atomic E-state index is 10.9. The molecule has 0 bridgehead atoms. The summed E-state index contributed by atoms with van der Waals surface area (Å²) in [4.78, 5) is 12.8. The lowest BCUT2D eigenvalue weighted by Crippen LogP contribution is -2.22. The third kappa shape index (κ3) is 2.96. The number of hydrogen-bond acceptors (Lipinski definition) is 5. The summed E-state index contributed by atoms with van der Waals surface area (Å²) in [6.45, 7) is 4.36. The van der Waals surface area contributed by atoms with E-state index in [1.807, 2.05) is 6.92 Å². The number of nitro groups is 1. The number of aliphatic hydroxyl groups excluding tert-OH is 1. The molecule has 0 unspecified atom stereocenters. The summed E-state index contributed by atoms with van der Waals surface area (Å²) < 4.78 is 0. The molecule has 1 aromatic rings. The average molecular weight is 254 g/mol. The standard InChI is InChI=1S/C11H14N2O3S/c1-4-6-12(5-2)11-9(13(15)16)7-10(17-11)8(3)14/h1,7-8,14H,5-6H2,2-3H3/t8-/m0/s1. The fraction of sp³-hybridized carbons (Fsp3) is 0.455. The molecule has 1 aromatic heterocycles. The Bertz CT molecular complexity index is 448. The van der Waals surface area contributed by atoms with Crippen molar-refractivity contribution in [2.24, 2.45) is 0 Å². The molecule has 0 aliphatic rings. The third-order valence-electron chi connectivity index (χ3n) is 2.27. The number of rotatable bonds is 5. The number of anilines is 1. The summed E-state index contributed by atoms with van der Waals surface area (Å²) >= 11 is 1.21. The van der Waals surface area contributed by atoms with Gasteiger partial charge in [-0.2, -0.15) is 0 Å². The molecule has 0 saturated heterocycles. The van der Waals surface area contributed by atoms with Crippen LogP contribution in [0.2, 0.25) is 0 Å². The smallest absolute Gasteiger partial charge is 0.304 e. The van der Waals surface area contributed by atoms with Gasteiger partial charge in [0.2, 0.25) is 0 Å². The van der Waals surface area contributed by atoms with Crippen molar-refractivity contribution in [3.63, 3.8) is 0 Å². The minimum atomic E-state index is -0.711. The van der Waals surface area contributed by atoms with Crippen molar-refractivity contribution in [1.29, 1.82) is 0 Å². The quantitative estimate of drug-likeness (QED) is 0.497. The topological polar surface area (TPSA) is 66.6 Å². The molecule has 1 heterocycles. The van der Waals surface area contributed by atoms with Crippen LogP contribution >= 0.6 is 11.3 Å². The van der Waals surface area contributed by atoms with Crippen LogP contribution in [-0.4, -0.2) is 23.1 Å². The molecule has 0 saturated carbocycles. The minimum Gasteiger partial charge on any atom is -0.388 e. The highest BCUT2D eigenvalue weighted by Crippen LogP contribution is 2.39. The van der Waals surface area contributed by atoms with Gasteiger partial charge in [0.25, 0.3) is 0 Å². The van der Waals surface area contributed by atoms with E-state index in [1.54, 1.807) is 11.8 Å². The normalized spacial score (nSPS) is 11.9. The maximum atomic E-state index is 10.9. The van der Waals surface area contributed by atoms with Gasteiger partial charge in [0.15, 0.2) is 5.00 Å². The van der Waals surface area contributed by atoms with E-state index in [9.17, 15) is 15.2 Å². The molecule has 0 fully saturated rings. The molecule has 5 nitrogen and oxygen atoms in total. The van der Waals surface area contributed by atoms with E-state index in [-0.39, 0.29) is 5.69 Å². The number of thiophene rings is 1. The molecule has 0 radical (unpaired) electrons. The molecule has 0 spiro atoms. The Balaban J connectivity index is 3.20. The molecule has 6 heteroatoms. The molecule has 17 heavy (non-hydrogen) atoms. The first-order valence-corrected chi connectivity index (χ1v) is 5.97. The third-order valence-corrected chi connectivity index (χ3v) is 3.63. The predicted molar refractivity (Wildman–Crippen MR) is 68.3 cm³/mol. The van der Waals surface area contributed by atoms with Crippen molar-refractivity contribution < 1.29 is 10.0 Å². The zero-order chi connectivity index (χ0) is 13.0. The lowest BCUT2D eigenvalue weighted by atomic mass is 10.3. The van der Waals surface area contributed by atoms with E-state index in [0.29, 0.717) is 23.0 Å². The average Bonchev–Trinajstić information content (AvgIpc) is 2.70. The fourth-order valence-corrected chi connectivity index (χ4v) is 2.52. The Labute approximate surface area is 104 Å². The Morgan fingerprint density at radius 2 is 2.41 bits per heavy atom. The SMILES string of the molecule is C#CCN(CC)c1sc([C@H](C)O)cc1[N+](=O)[O-]. The van der Waals surface area contributed by atoms with Crippen molar-refractivity contribution in [1.82, 2.24) is 0 Å². The van der Waals surface area contributed by atoms with Gasteiger partial charge in [-0.1, -0.05) is 5.92 Å². The number of hydrogen-bond donors (Lipinski definition) is 1. The fourth-order valence-electron chi connectivity index (χ4n) is 1.39. The summed E-state index contributed by atoms with van der Waals surface area (Å²) in [7, 11) is 0.